The van der Waals surface area contributed by atoms with E-state index in [4.69, 9.17) is 4.74 Å². The van der Waals surface area contributed by atoms with Gasteiger partial charge in [0, 0.05) is 45.1 Å². The molecule has 34 heavy (non-hydrogen) atoms. The molecular formula is C24H31N3O6S. The molecule has 9 nitrogen and oxygen atoms in total. The number of nitro groups is 1. The van der Waals surface area contributed by atoms with E-state index in [1.54, 1.807) is 25.2 Å². The monoisotopic (exact) mass is 489 g/mol. The number of hydrogen-bond donors (Lipinski definition) is 0. The number of benzene rings is 2. The summed E-state index contributed by atoms with van der Waals surface area (Å²) in [6.07, 6.45) is 3.67. The van der Waals surface area contributed by atoms with Crippen molar-refractivity contribution in [3.63, 3.8) is 0 Å². The van der Waals surface area contributed by atoms with Gasteiger partial charge >= 0.3 is 0 Å². The van der Waals surface area contributed by atoms with Crippen LogP contribution >= 0.6 is 0 Å². The highest BCUT2D eigenvalue weighted by Crippen LogP contribution is 2.30. The van der Waals surface area contributed by atoms with Crippen LogP contribution in [0.5, 0.6) is 5.75 Å². The predicted octanol–water partition coefficient (Wildman–Crippen LogP) is 3.78. The minimum atomic E-state index is -3.32. The first-order chi connectivity index (χ1) is 16.1. The molecule has 0 radical (unpaired) electrons. The van der Waals surface area contributed by atoms with Gasteiger partial charge in [0.1, 0.15) is 5.75 Å². The second-order valence-corrected chi connectivity index (χ2v) is 10.8. The molecule has 0 saturated carbocycles. The van der Waals surface area contributed by atoms with Crippen molar-refractivity contribution in [2.45, 2.75) is 31.1 Å². The van der Waals surface area contributed by atoms with Crippen LogP contribution in [-0.4, -0.2) is 63.7 Å². The number of amides is 1. The number of sulfone groups is 1. The van der Waals surface area contributed by atoms with Gasteiger partial charge in [-0.15, -0.1) is 0 Å². The molecular weight excluding hydrogens is 458 g/mol. The highest BCUT2D eigenvalue weighted by Gasteiger charge is 2.25. The molecule has 0 N–H and O–H groups in total. The summed E-state index contributed by atoms with van der Waals surface area (Å²) in [4.78, 5) is 27.9. The Hall–Kier alpha value is -3.14. The number of carbonyl (C=O) groups is 1. The van der Waals surface area contributed by atoms with Crippen LogP contribution < -0.4 is 9.64 Å². The standard InChI is InChI=1S/C24H31N3O6S/c1-18-10-13-26(14-11-18)23-9-8-19(27(29)30)16-22(23)24(28)25(2)12-5-15-33-20-6-4-7-21(17-20)34(3,31)32/h4,6-9,16-18H,5,10-15H2,1-3H3. The van der Waals surface area contributed by atoms with Gasteiger partial charge in [-0.05, 0) is 49.4 Å². The maximum absolute atomic E-state index is 13.2. The molecule has 3 rings (SSSR count). The Bertz CT molecular complexity index is 1140. The molecule has 1 saturated heterocycles. The summed E-state index contributed by atoms with van der Waals surface area (Å²) in [5.74, 6) is 0.780. The van der Waals surface area contributed by atoms with Crippen LogP contribution in [0.25, 0.3) is 0 Å². The molecule has 0 atom stereocenters. The molecule has 2 aromatic rings. The van der Waals surface area contributed by atoms with Crippen molar-refractivity contribution < 1.29 is 22.9 Å². The number of ether oxygens (including phenoxy) is 1. The van der Waals surface area contributed by atoms with Crippen molar-refractivity contribution in [3.05, 3.63) is 58.1 Å². The molecule has 0 aromatic heterocycles. The minimum Gasteiger partial charge on any atom is -0.493 e. The third-order valence-corrected chi connectivity index (χ3v) is 7.14. The van der Waals surface area contributed by atoms with Crippen molar-refractivity contribution in [2.24, 2.45) is 5.92 Å². The van der Waals surface area contributed by atoms with E-state index < -0.39 is 14.8 Å². The Morgan fingerprint density at radius 3 is 2.56 bits per heavy atom. The summed E-state index contributed by atoms with van der Waals surface area (Å²) >= 11 is 0. The van der Waals surface area contributed by atoms with E-state index in [1.165, 1.54) is 29.2 Å². The van der Waals surface area contributed by atoms with Gasteiger partial charge in [0.15, 0.2) is 9.84 Å². The van der Waals surface area contributed by atoms with Gasteiger partial charge in [-0.2, -0.15) is 0 Å². The number of anilines is 1. The van der Waals surface area contributed by atoms with Gasteiger partial charge in [-0.3, -0.25) is 14.9 Å². The summed E-state index contributed by atoms with van der Waals surface area (Å²) in [7, 11) is -1.66. The first kappa shape index (κ1) is 25.5. The lowest BCUT2D eigenvalue weighted by Gasteiger charge is -2.33. The Morgan fingerprint density at radius 2 is 1.91 bits per heavy atom. The number of piperidine rings is 1. The van der Waals surface area contributed by atoms with Crippen LogP contribution in [0, 0.1) is 16.0 Å². The third-order valence-electron chi connectivity index (χ3n) is 6.03. The Labute approximate surface area is 200 Å². The third kappa shape index (κ3) is 6.47. The zero-order valence-corrected chi connectivity index (χ0v) is 20.6. The quantitative estimate of drug-likeness (QED) is 0.299. The van der Waals surface area contributed by atoms with E-state index in [0.717, 1.165) is 37.9 Å². The highest BCUT2D eigenvalue weighted by atomic mass is 32.2. The Morgan fingerprint density at radius 1 is 1.21 bits per heavy atom. The van der Waals surface area contributed by atoms with Crippen molar-refractivity contribution in [1.82, 2.24) is 4.90 Å². The fourth-order valence-electron chi connectivity index (χ4n) is 3.93. The average molecular weight is 490 g/mol. The molecule has 1 amide bonds. The van der Waals surface area contributed by atoms with Gasteiger partial charge in [-0.1, -0.05) is 13.0 Å². The number of nitrogens with zero attached hydrogens (tertiary/aromatic N) is 3. The molecule has 0 bridgehead atoms. The second-order valence-electron chi connectivity index (χ2n) is 8.80. The lowest BCUT2D eigenvalue weighted by molar-refractivity contribution is -0.384. The molecule has 1 heterocycles. The Kier molecular flexibility index (Phi) is 8.14. The van der Waals surface area contributed by atoms with Gasteiger partial charge in [0.05, 0.1) is 27.7 Å². The topological polar surface area (TPSA) is 110 Å². The van der Waals surface area contributed by atoms with E-state index in [0.29, 0.717) is 30.2 Å². The molecule has 0 aliphatic carbocycles. The van der Waals surface area contributed by atoms with E-state index in [1.807, 2.05) is 0 Å². The van der Waals surface area contributed by atoms with Crippen LogP contribution in [0.4, 0.5) is 11.4 Å². The average Bonchev–Trinajstić information content (AvgIpc) is 2.81. The molecule has 1 aliphatic rings. The van der Waals surface area contributed by atoms with E-state index in [9.17, 15) is 23.3 Å². The molecule has 10 heteroatoms. The van der Waals surface area contributed by atoms with E-state index in [-0.39, 0.29) is 23.1 Å². The zero-order valence-electron chi connectivity index (χ0n) is 19.8. The number of rotatable bonds is 9. The lowest BCUT2D eigenvalue weighted by atomic mass is 9.97. The smallest absolute Gasteiger partial charge is 0.270 e. The number of nitro benzene ring substituents is 1. The van der Waals surface area contributed by atoms with Crippen LogP contribution in [0.15, 0.2) is 47.4 Å². The Balaban J connectivity index is 1.65. The number of carbonyl (C=O) groups excluding carboxylic acids is 1. The molecule has 184 valence electrons. The van der Waals surface area contributed by atoms with Gasteiger partial charge in [0.2, 0.25) is 0 Å². The molecule has 1 fully saturated rings. The maximum atomic E-state index is 13.2. The largest absolute Gasteiger partial charge is 0.493 e. The molecule has 2 aromatic carbocycles. The van der Waals surface area contributed by atoms with E-state index >= 15 is 0 Å². The predicted molar refractivity (Wildman–Crippen MR) is 130 cm³/mol. The first-order valence-electron chi connectivity index (χ1n) is 11.3. The summed E-state index contributed by atoms with van der Waals surface area (Å²) in [5, 5.41) is 11.3. The SMILES string of the molecule is CC1CCN(c2ccc([N+](=O)[O-])cc2C(=O)N(C)CCCOc2cccc(S(C)(=O)=O)c2)CC1. The summed E-state index contributed by atoms with van der Waals surface area (Å²) < 4.78 is 29.0. The van der Waals surface area contributed by atoms with Crippen LogP contribution in [-0.2, 0) is 9.84 Å². The van der Waals surface area contributed by atoms with Crippen molar-refractivity contribution >= 4 is 27.1 Å². The van der Waals surface area contributed by atoms with Crippen LogP contribution in [0.2, 0.25) is 0 Å². The first-order valence-corrected chi connectivity index (χ1v) is 13.2. The normalized spacial score (nSPS) is 14.6. The fraction of sp³-hybridized carbons (Fsp3) is 0.458. The lowest BCUT2D eigenvalue weighted by Crippen LogP contribution is -2.36. The van der Waals surface area contributed by atoms with Gasteiger partial charge < -0.3 is 14.5 Å². The van der Waals surface area contributed by atoms with Crippen LogP contribution in [0.3, 0.4) is 0 Å². The van der Waals surface area contributed by atoms with Crippen molar-refractivity contribution in [3.8, 4) is 5.75 Å². The fourth-order valence-corrected chi connectivity index (χ4v) is 4.58. The van der Waals surface area contributed by atoms with Gasteiger partial charge in [0.25, 0.3) is 11.6 Å². The summed E-state index contributed by atoms with van der Waals surface area (Å²) in [5.41, 5.74) is 0.941. The number of hydrogen-bond acceptors (Lipinski definition) is 7. The van der Waals surface area contributed by atoms with Crippen molar-refractivity contribution in [1.29, 1.82) is 0 Å². The summed E-state index contributed by atoms with van der Waals surface area (Å²) in [6.45, 7) is 4.49. The molecule has 1 aliphatic heterocycles. The van der Waals surface area contributed by atoms with E-state index in [2.05, 4.69) is 11.8 Å². The zero-order chi connectivity index (χ0) is 24.9. The maximum Gasteiger partial charge on any atom is 0.270 e. The summed E-state index contributed by atoms with van der Waals surface area (Å²) in [6, 6.07) is 10.8. The van der Waals surface area contributed by atoms with Gasteiger partial charge in [-0.25, -0.2) is 8.42 Å². The van der Waals surface area contributed by atoms with Crippen LogP contribution in [0.1, 0.15) is 36.5 Å². The van der Waals surface area contributed by atoms with Crippen molar-refractivity contribution in [2.75, 3.05) is 44.4 Å². The molecule has 0 unspecified atom stereocenters. The molecule has 0 spiro atoms. The number of non-ortho nitro benzene ring substituents is 1. The second kappa shape index (κ2) is 10.9. The highest BCUT2D eigenvalue weighted by molar-refractivity contribution is 7.90. The minimum absolute atomic E-state index is 0.111.